The number of anilines is 1. The molecule has 1 aromatic heterocycles. The Bertz CT molecular complexity index is 1010. The van der Waals surface area contributed by atoms with Crippen molar-refractivity contribution in [2.24, 2.45) is 5.84 Å². The molecule has 0 aliphatic heterocycles. The van der Waals surface area contributed by atoms with Crippen molar-refractivity contribution in [3.8, 4) is 0 Å². The summed E-state index contributed by atoms with van der Waals surface area (Å²) in [5.41, 5.74) is 3.71. The molecule has 3 aromatic rings. The highest BCUT2D eigenvalue weighted by Gasteiger charge is 2.25. The Labute approximate surface area is 157 Å². The zero-order valence-corrected chi connectivity index (χ0v) is 15.1. The Morgan fingerprint density at radius 1 is 1.00 bits per heavy atom. The quantitative estimate of drug-likeness (QED) is 0.386. The van der Waals surface area contributed by atoms with Crippen molar-refractivity contribution in [1.29, 1.82) is 0 Å². The molecule has 1 heterocycles. The molecule has 0 radical (unpaired) electrons. The van der Waals surface area contributed by atoms with Crippen LogP contribution in [-0.2, 0) is 16.6 Å². The number of carbonyl (C=O) groups is 1. The van der Waals surface area contributed by atoms with Crippen LogP contribution in [0.2, 0.25) is 0 Å². The predicted molar refractivity (Wildman–Crippen MR) is 102 cm³/mol. The van der Waals surface area contributed by atoms with Gasteiger partial charge in [-0.15, -0.1) is 0 Å². The molecule has 27 heavy (non-hydrogen) atoms. The highest BCUT2D eigenvalue weighted by molar-refractivity contribution is 7.92. The minimum atomic E-state index is -3.81. The lowest BCUT2D eigenvalue weighted by Gasteiger charge is -2.24. The molecule has 1 amide bonds. The van der Waals surface area contributed by atoms with E-state index >= 15 is 0 Å². The molecule has 7 nitrogen and oxygen atoms in total. The maximum Gasteiger partial charge on any atom is 0.266 e. The highest BCUT2D eigenvalue weighted by Crippen LogP contribution is 2.25. The number of hydrazine groups is 1. The summed E-state index contributed by atoms with van der Waals surface area (Å²) in [5.74, 6) is 4.71. The van der Waals surface area contributed by atoms with Gasteiger partial charge < -0.3 is 0 Å². The molecule has 0 atom stereocenters. The van der Waals surface area contributed by atoms with Crippen molar-refractivity contribution < 1.29 is 13.2 Å². The van der Waals surface area contributed by atoms with Gasteiger partial charge in [0.1, 0.15) is 4.90 Å². The maximum absolute atomic E-state index is 13.2. The van der Waals surface area contributed by atoms with Gasteiger partial charge in [-0.3, -0.25) is 19.5 Å². The number of hydrogen-bond donors (Lipinski definition) is 2. The zero-order chi connectivity index (χ0) is 19.3. The van der Waals surface area contributed by atoms with Crippen LogP contribution in [-0.4, -0.2) is 19.3 Å². The largest absolute Gasteiger partial charge is 0.290 e. The second-order valence-corrected chi connectivity index (χ2v) is 7.57. The Morgan fingerprint density at radius 2 is 1.70 bits per heavy atom. The summed E-state index contributed by atoms with van der Waals surface area (Å²) >= 11 is 0. The van der Waals surface area contributed by atoms with Gasteiger partial charge in [-0.1, -0.05) is 30.3 Å². The Balaban J connectivity index is 1.98. The number of hydrogen-bond acceptors (Lipinski definition) is 5. The van der Waals surface area contributed by atoms with E-state index in [-0.39, 0.29) is 11.4 Å². The Hall–Kier alpha value is -3.23. The van der Waals surface area contributed by atoms with E-state index in [1.54, 1.807) is 54.6 Å². The number of pyridine rings is 1. The molecule has 0 saturated carbocycles. The van der Waals surface area contributed by atoms with Crippen LogP contribution in [0.3, 0.4) is 0 Å². The molecule has 0 saturated heterocycles. The van der Waals surface area contributed by atoms with Gasteiger partial charge in [0, 0.05) is 18.0 Å². The monoisotopic (exact) mass is 382 g/mol. The van der Waals surface area contributed by atoms with Crippen molar-refractivity contribution in [1.82, 2.24) is 10.4 Å². The van der Waals surface area contributed by atoms with Gasteiger partial charge in [-0.05, 0) is 42.0 Å². The first kappa shape index (κ1) is 18.6. The third-order valence-electron chi connectivity index (χ3n) is 3.94. The first-order chi connectivity index (χ1) is 13.0. The number of nitrogens with one attached hydrogen (secondary N) is 1. The van der Waals surface area contributed by atoms with Crippen LogP contribution < -0.4 is 15.6 Å². The van der Waals surface area contributed by atoms with Gasteiger partial charge in [0.2, 0.25) is 0 Å². The SMILES string of the molecule is NNC(=O)c1ccc(CN(c2ccccc2)S(=O)(=O)c2cccnc2)cc1. The maximum atomic E-state index is 13.2. The van der Waals surface area contributed by atoms with E-state index in [9.17, 15) is 13.2 Å². The molecule has 0 aliphatic carbocycles. The first-order valence-electron chi connectivity index (χ1n) is 8.10. The van der Waals surface area contributed by atoms with E-state index in [1.165, 1.54) is 22.8 Å². The summed E-state index contributed by atoms with van der Waals surface area (Å²) in [7, 11) is -3.81. The standard InChI is InChI=1S/C19H18N4O3S/c20-22-19(24)16-10-8-15(9-11-16)14-23(17-5-2-1-3-6-17)27(25,26)18-7-4-12-21-13-18/h1-13H,14,20H2,(H,22,24). The predicted octanol–water partition coefficient (Wildman–Crippen LogP) is 2.08. The van der Waals surface area contributed by atoms with Crippen molar-refractivity contribution in [3.63, 3.8) is 0 Å². The molecule has 2 aromatic carbocycles. The van der Waals surface area contributed by atoms with Gasteiger partial charge >= 0.3 is 0 Å². The topological polar surface area (TPSA) is 105 Å². The Kier molecular flexibility index (Phi) is 5.49. The molecule has 3 rings (SSSR count). The van der Waals surface area contributed by atoms with Crippen molar-refractivity contribution in [2.45, 2.75) is 11.4 Å². The Morgan fingerprint density at radius 3 is 2.30 bits per heavy atom. The van der Waals surface area contributed by atoms with Crippen LogP contribution in [0.4, 0.5) is 5.69 Å². The summed E-state index contributed by atoms with van der Waals surface area (Å²) < 4.78 is 27.6. The molecule has 0 unspecified atom stereocenters. The molecule has 0 fully saturated rings. The van der Waals surface area contributed by atoms with E-state index in [0.29, 0.717) is 11.3 Å². The lowest BCUT2D eigenvalue weighted by molar-refractivity contribution is 0.0953. The molecular formula is C19H18N4O3S. The number of nitrogens with zero attached hydrogens (tertiary/aromatic N) is 2. The van der Waals surface area contributed by atoms with Gasteiger partial charge in [-0.25, -0.2) is 14.3 Å². The minimum Gasteiger partial charge on any atom is -0.290 e. The van der Waals surface area contributed by atoms with Crippen LogP contribution in [0, 0.1) is 0 Å². The number of para-hydroxylation sites is 1. The summed E-state index contributed by atoms with van der Waals surface area (Å²) in [6.07, 6.45) is 2.84. The number of aromatic nitrogens is 1. The molecule has 3 N–H and O–H groups in total. The van der Waals surface area contributed by atoms with Crippen LogP contribution in [0.5, 0.6) is 0 Å². The lowest BCUT2D eigenvalue weighted by Crippen LogP contribution is -2.31. The summed E-state index contributed by atoms with van der Waals surface area (Å²) in [5, 5.41) is 0. The third kappa shape index (κ3) is 4.13. The number of amides is 1. The van der Waals surface area contributed by atoms with Crippen LogP contribution in [0.1, 0.15) is 15.9 Å². The van der Waals surface area contributed by atoms with Crippen molar-refractivity contribution in [3.05, 3.63) is 90.3 Å². The molecular weight excluding hydrogens is 364 g/mol. The van der Waals surface area contributed by atoms with Crippen LogP contribution >= 0.6 is 0 Å². The lowest BCUT2D eigenvalue weighted by atomic mass is 10.1. The third-order valence-corrected chi connectivity index (χ3v) is 5.70. The summed E-state index contributed by atoms with van der Waals surface area (Å²) in [6.45, 7) is 0.103. The van der Waals surface area contributed by atoms with Gasteiger partial charge in [-0.2, -0.15) is 0 Å². The molecule has 0 spiro atoms. The normalized spacial score (nSPS) is 11.0. The number of carbonyl (C=O) groups excluding carboxylic acids is 1. The average molecular weight is 382 g/mol. The van der Waals surface area contributed by atoms with Gasteiger partial charge in [0.05, 0.1) is 12.2 Å². The fraction of sp³-hybridized carbons (Fsp3) is 0.0526. The number of sulfonamides is 1. The fourth-order valence-electron chi connectivity index (χ4n) is 2.55. The molecule has 8 heteroatoms. The van der Waals surface area contributed by atoms with E-state index in [1.807, 2.05) is 6.07 Å². The van der Waals surface area contributed by atoms with Crippen LogP contribution in [0.15, 0.2) is 84.0 Å². The van der Waals surface area contributed by atoms with E-state index in [2.05, 4.69) is 10.4 Å². The number of nitrogens with two attached hydrogens (primary N) is 1. The second kappa shape index (κ2) is 7.98. The van der Waals surface area contributed by atoms with Gasteiger partial charge in [0.25, 0.3) is 15.9 Å². The van der Waals surface area contributed by atoms with Crippen molar-refractivity contribution >= 4 is 21.6 Å². The number of nitrogen functional groups attached to an aromatic ring is 1. The minimum absolute atomic E-state index is 0.103. The molecule has 0 aliphatic rings. The fourth-order valence-corrected chi connectivity index (χ4v) is 3.96. The van der Waals surface area contributed by atoms with Gasteiger partial charge in [0.15, 0.2) is 0 Å². The smallest absolute Gasteiger partial charge is 0.266 e. The van der Waals surface area contributed by atoms with E-state index < -0.39 is 15.9 Å². The van der Waals surface area contributed by atoms with Crippen molar-refractivity contribution in [2.75, 3.05) is 4.31 Å². The number of benzene rings is 2. The summed E-state index contributed by atoms with van der Waals surface area (Å²) in [6, 6.07) is 18.5. The zero-order valence-electron chi connectivity index (χ0n) is 14.3. The first-order valence-corrected chi connectivity index (χ1v) is 9.54. The average Bonchev–Trinajstić information content (AvgIpc) is 2.73. The van der Waals surface area contributed by atoms with E-state index in [0.717, 1.165) is 5.56 Å². The van der Waals surface area contributed by atoms with Crippen LogP contribution in [0.25, 0.3) is 0 Å². The number of rotatable bonds is 6. The highest BCUT2D eigenvalue weighted by atomic mass is 32.2. The molecule has 0 bridgehead atoms. The summed E-state index contributed by atoms with van der Waals surface area (Å²) in [4.78, 5) is 15.6. The van der Waals surface area contributed by atoms with E-state index in [4.69, 9.17) is 5.84 Å². The second-order valence-electron chi connectivity index (χ2n) is 5.71. The molecule has 138 valence electrons.